The molecule has 0 aliphatic heterocycles. The van der Waals surface area contributed by atoms with E-state index in [1.807, 2.05) is 17.0 Å². The Morgan fingerprint density at radius 3 is 2.26 bits per heavy atom. The topological polar surface area (TPSA) is 20.3 Å². The normalized spacial score (nSPS) is 15.4. The van der Waals surface area contributed by atoms with E-state index in [2.05, 4.69) is 48.8 Å². The molecule has 1 amide bonds. The Morgan fingerprint density at radius 1 is 1.26 bits per heavy atom. The molecule has 104 valence electrons. The predicted octanol–water partition coefficient (Wildman–Crippen LogP) is 3.98. The molecule has 1 aromatic carbocycles. The third-order valence-electron chi connectivity index (χ3n) is 3.57. The van der Waals surface area contributed by atoms with E-state index in [1.54, 1.807) is 0 Å². The fraction of sp³-hybridized carbons (Fsp3) is 0.562. The summed E-state index contributed by atoms with van der Waals surface area (Å²) in [6, 6.07) is 8.55. The minimum absolute atomic E-state index is 0.133. The molecule has 0 spiro atoms. The quantitative estimate of drug-likeness (QED) is 0.767. The molecule has 1 aromatic rings. The Hall–Kier alpha value is -0.830. The van der Waals surface area contributed by atoms with Gasteiger partial charge in [-0.1, -0.05) is 48.8 Å². The summed E-state index contributed by atoms with van der Waals surface area (Å²) in [5.41, 5.74) is 2.21. The Balaban J connectivity index is 2.14. The van der Waals surface area contributed by atoms with Gasteiger partial charge in [0, 0.05) is 23.5 Å². The molecule has 0 aromatic heterocycles. The molecule has 0 N–H and O–H groups in total. The van der Waals surface area contributed by atoms with Gasteiger partial charge in [0.1, 0.15) is 0 Å². The lowest BCUT2D eigenvalue weighted by molar-refractivity contribution is 0.0754. The molecular weight excluding hydrogens is 302 g/mol. The fourth-order valence-corrected chi connectivity index (χ4v) is 2.59. The van der Waals surface area contributed by atoms with Crippen molar-refractivity contribution in [2.24, 2.45) is 0 Å². The van der Waals surface area contributed by atoms with Gasteiger partial charge in [-0.15, -0.1) is 0 Å². The van der Waals surface area contributed by atoms with E-state index in [-0.39, 0.29) is 11.3 Å². The van der Waals surface area contributed by atoms with Gasteiger partial charge in [0.05, 0.1) is 0 Å². The van der Waals surface area contributed by atoms with Gasteiger partial charge in [-0.2, -0.15) is 0 Å². The van der Waals surface area contributed by atoms with E-state index in [4.69, 9.17) is 0 Å². The Morgan fingerprint density at radius 2 is 1.84 bits per heavy atom. The molecule has 0 unspecified atom stereocenters. The standard InChI is InChI=1S/C16H22BrNO/c1-16(2,3)13-6-4-12(5-7-13)15(19)18(11-10-17)14-8-9-14/h4-7,14H,8-11H2,1-3H3. The minimum atomic E-state index is 0.133. The summed E-state index contributed by atoms with van der Waals surface area (Å²) in [5.74, 6) is 0.169. The first-order valence-electron chi connectivity index (χ1n) is 6.91. The summed E-state index contributed by atoms with van der Waals surface area (Å²) in [7, 11) is 0. The minimum Gasteiger partial charge on any atom is -0.335 e. The molecular formula is C16H22BrNO. The summed E-state index contributed by atoms with van der Waals surface area (Å²) in [5, 5.41) is 0.843. The maximum Gasteiger partial charge on any atom is 0.254 e. The van der Waals surface area contributed by atoms with Crippen molar-refractivity contribution in [3.63, 3.8) is 0 Å². The third kappa shape index (κ3) is 3.59. The van der Waals surface area contributed by atoms with Gasteiger partial charge in [-0.25, -0.2) is 0 Å². The van der Waals surface area contributed by atoms with E-state index >= 15 is 0 Å². The Labute approximate surface area is 124 Å². The molecule has 0 heterocycles. The van der Waals surface area contributed by atoms with Crippen molar-refractivity contribution >= 4 is 21.8 Å². The van der Waals surface area contributed by atoms with Crippen molar-refractivity contribution in [1.29, 1.82) is 0 Å². The number of hydrogen-bond donors (Lipinski definition) is 0. The summed E-state index contributed by atoms with van der Waals surface area (Å²) in [6.07, 6.45) is 2.30. The summed E-state index contributed by atoms with van der Waals surface area (Å²) < 4.78 is 0. The number of benzene rings is 1. The zero-order valence-corrected chi connectivity index (χ0v) is 13.5. The van der Waals surface area contributed by atoms with Crippen LogP contribution >= 0.6 is 15.9 Å². The van der Waals surface area contributed by atoms with Crippen molar-refractivity contribution in [3.05, 3.63) is 35.4 Å². The van der Waals surface area contributed by atoms with Gasteiger partial charge in [0.15, 0.2) is 0 Å². The van der Waals surface area contributed by atoms with Gasteiger partial charge < -0.3 is 4.90 Å². The first-order chi connectivity index (χ1) is 8.93. The molecule has 2 nitrogen and oxygen atoms in total. The van der Waals surface area contributed by atoms with Crippen LogP contribution in [0.3, 0.4) is 0 Å². The SMILES string of the molecule is CC(C)(C)c1ccc(C(=O)N(CCBr)C2CC2)cc1. The van der Waals surface area contributed by atoms with E-state index in [0.29, 0.717) is 6.04 Å². The highest BCUT2D eigenvalue weighted by Gasteiger charge is 2.32. The second-order valence-electron chi connectivity index (χ2n) is 6.25. The Bertz CT molecular complexity index is 443. The summed E-state index contributed by atoms with van der Waals surface area (Å²) in [6.45, 7) is 7.35. The lowest BCUT2D eigenvalue weighted by Crippen LogP contribution is -2.34. The van der Waals surface area contributed by atoms with Crippen LogP contribution in [0.2, 0.25) is 0 Å². The molecule has 0 bridgehead atoms. The van der Waals surface area contributed by atoms with Gasteiger partial charge in [-0.05, 0) is 36.0 Å². The second-order valence-corrected chi connectivity index (χ2v) is 7.04. The number of nitrogens with zero attached hydrogens (tertiary/aromatic N) is 1. The van der Waals surface area contributed by atoms with Crippen LogP contribution in [0.5, 0.6) is 0 Å². The highest BCUT2D eigenvalue weighted by atomic mass is 79.9. The lowest BCUT2D eigenvalue weighted by atomic mass is 9.86. The number of carbonyl (C=O) groups excluding carboxylic acids is 1. The van der Waals surface area contributed by atoms with Crippen LogP contribution in [0.4, 0.5) is 0 Å². The smallest absolute Gasteiger partial charge is 0.254 e. The van der Waals surface area contributed by atoms with Crippen molar-refractivity contribution in [2.45, 2.75) is 45.1 Å². The number of amides is 1. The molecule has 0 atom stereocenters. The zero-order chi connectivity index (χ0) is 14.0. The molecule has 0 saturated heterocycles. The van der Waals surface area contributed by atoms with E-state index in [9.17, 15) is 4.79 Å². The monoisotopic (exact) mass is 323 g/mol. The number of carbonyl (C=O) groups is 1. The van der Waals surface area contributed by atoms with Crippen LogP contribution in [-0.4, -0.2) is 28.7 Å². The molecule has 19 heavy (non-hydrogen) atoms. The fourth-order valence-electron chi connectivity index (χ4n) is 2.21. The van der Waals surface area contributed by atoms with Crippen LogP contribution in [-0.2, 0) is 5.41 Å². The van der Waals surface area contributed by atoms with Crippen LogP contribution in [0.1, 0.15) is 49.5 Å². The molecule has 1 fully saturated rings. The summed E-state index contributed by atoms with van der Waals surface area (Å²) >= 11 is 3.43. The van der Waals surface area contributed by atoms with Gasteiger partial charge in [0.25, 0.3) is 5.91 Å². The maximum atomic E-state index is 12.5. The number of rotatable bonds is 4. The van der Waals surface area contributed by atoms with Crippen molar-refractivity contribution in [2.75, 3.05) is 11.9 Å². The lowest BCUT2D eigenvalue weighted by Gasteiger charge is -2.23. The molecule has 1 aliphatic rings. The van der Waals surface area contributed by atoms with Crippen molar-refractivity contribution < 1.29 is 4.79 Å². The van der Waals surface area contributed by atoms with E-state index in [0.717, 1.165) is 30.3 Å². The second kappa shape index (κ2) is 5.66. The average Bonchev–Trinajstić information content (AvgIpc) is 3.18. The zero-order valence-electron chi connectivity index (χ0n) is 11.9. The van der Waals surface area contributed by atoms with Gasteiger partial charge in [-0.3, -0.25) is 4.79 Å². The molecule has 1 aliphatic carbocycles. The largest absolute Gasteiger partial charge is 0.335 e. The first kappa shape index (κ1) is 14.6. The van der Waals surface area contributed by atoms with Crippen LogP contribution in [0.25, 0.3) is 0 Å². The molecule has 1 saturated carbocycles. The highest BCUT2D eigenvalue weighted by molar-refractivity contribution is 9.09. The van der Waals surface area contributed by atoms with Crippen LogP contribution < -0.4 is 0 Å². The van der Waals surface area contributed by atoms with E-state index in [1.165, 1.54) is 5.56 Å². The van der Waals surface area contributed by atoms with Crippen molar-refractivity contribution in [3.8, 4) is 0 Å². The Kier molecular flexibility index (Phi) is 4.34. The average molecular weight is 324 g/mol. The van der Waals surface area contributed by atoms with Crippen molar-refractivity contribution in [1.82, 2.24) is 4.90 Å². The maximum absolute atomic E-state index is 12.5. The first-order valence-corrected chi connectivity index (χ1v) is 8.03. The predicted molar refractivity (Wildman–Crippen MR) is 83.0 cm³/mol. The van der Waals surface area contributed by atoms with E-state index < -0.39 is 0 Å². The van der Waals surface area contributed by atoms with Crippen LogP contribution in [0.15, 0.2) is 24.3 Å². The third-order valence-corrected chi connectivity index (χ3v) is 3.93. The number of alkyl halides is 1. The number of halogens is 1. The summed E-state index contributed by atoms with van der Waals surface area (Å²) in [4.78, 5) is 14.5. The molecule has 3 heteroatoms. The number of hydrogen-bond acceptors (Lipinski definition) is 1. The highest BCUT2D eigenvalue weighted by Crippen LogP contribution is 2.29. The molecule has 2 rings (SSSR count). The van der Waals surface area contributed by atoms with Gasteiger partial charge >= 0.3 is 0 Å². The van der Waals surface area contributed by atoms with Gasteiger partial charge in [0.2, 0.25) is 0 Å². The molecule has 0 radical (unpaired) electrons. The van der Waals surface area contributed by atoms with Crippen LogP contribution in [0, 0.1) is 0 Å².